The number of aromatic carboxylic acids is 1. The van der Waals surface area contributed by atoms with Crippen LogP contribution < -0.4 is 0 Å². The van der Waals surface area contributed by atoms with E-state index in [0.29, 0.717) is 17.6 Å². The molecular formula is C9H10N4O3. The lowest BCUT2D eigenvalue weighted by Gasteiger charge is -2.03. The summed E-state index contributed by atoms with van der Waals surface area (Å²) in [5.74, 6) is 0.371. The van der Waals surface area contributed by atoms with E-state index in [9.17, 15) is 4.79 Å². The lowest BCUT2D eigenvalue weighted by atomic mass is 10.4. The summed E-state index contributed by atoms with van der Waals surface area (Å²) in [4.78, 5) is 14.8. The molecule has 0 aliphatic rings. The Hall–Kier alpha value is -2.18. The summed E-state index contributed by atoms with van der Waals surface area (Å²) in [7, 11) is 0. The minimum absolute atomic E-state index is 0.105. The maximum absolute atomic E-state index is 10.9. The van der Waals surface area contributed by atoms with Crippen molar-refractivity contribution in [2.24, 2.45) is 0 Å². The quantitative estimate of drug-likeness (QED) is 0.818. The van der Waals surface area contributed by atoms with Gasteiger partial charge < -0.3 is 14.1 Å². The molecule has 7 heteroatoms. The normalized spacial score (nSPS) is 10.6. The van der Waals surface area contributed by atoms with Crippen molar-refractivity contribution in [3.8, 4) is 0 Å². The smallest absolute Gasteiger partial charge is 0.354 e. The Bertz CT molecular complexity index is 529. The Kier molecular flexibility index (Phi) is 2.43. The zero-order valence-electron chi connectivity index (χ0n) is 8.84. The Morgan fingerprint density at radius 2 is 2.25 bits per heavy atom. The second kappa shape index (κ2) is 3.76. The number of aryl methyl sites for hydroxylation is 2. The molecule has 1 N–H and O–H groups in total. The third-order valence-electron chi connectivity index (χ3n) is 2.14. The molecule has 0 saturated heterocycles. The molecule has 0 spiro atoms. The molecule has 16 heavy (non-hydrogen) atoms. The highest BCUT2D eigenvalue weighted by Crippen LogP contribution is 2.08. The van der Waals surface area contributed by atoms with E-state index < -0.39 is 5.97 Å². The Balaban J connectivity index is 2.33. The van der Waals surface area contributed by atoms with Gasteiger partial charge in [-0.3, -0.25) is 0 Å². The van der Waals surface area contributed by atoms with Gasteiger partial charge in [0.2, 0.25) is 11.8 Å². The molecule has 0 aliphatic carbocycles. The van der Waals surface area contributed by atoms with Crippen molar-refractivity contribution in [2.75, 3.05) is 0 Å². The number of aromatic nitrogens is 4. The van der Waals surface area contributed by atoms with Crippen molar-refractivity contribution in [1.29, 1.82) is 0 Å². The molecule has 7 nitrogen and oxygen atoms in total. The molecule has 0 amide bonds. The van der Waals surface area contributed by atoms with Gasteiger partial charge in [0.05, 0.1) is 6.20 Å². The number of carboxylic acid groups (broad SMARTS) is 1. The molecular weight excluding hydrogens is 212 g/mol. The summed E-state index contributed by atoms with van der Waals surface area (Å²) in [6, 6.07) is 0. The van der Waals surface area contributed by atoms with Crippen molar-refractivity contribution in [3.05, 3.63) is 29.5 Å². The third-order valence-corrected chi connectivity index (χ3v) is 2.14. The number of hydrogen-bond acceptors (Lipinski definition) is 5. The van der Waals surface area contributed by atoms with Crippen molar-refractivity contribution in [1.82, 2.24) is 19.7 Å². The molecule has 0 atom stereocenters. The van der Waals surface area contributed by atoms with Crippen molar-refractivity contribution >= 4 is 5.97 Å². The first kappa shape index (κ1) is 10.3. The van der Waals surface area contributed by atoms with Gasteiger partial charge in [0.25, 0.3) is 0 Å². The molecule has 2 heterocycles. The van der Waals surface area contributed by atoms with Crippen LogP contribution in [0.4, 0.5) is 0 Å². The SMILES string of the molecule is Cc1nnc(Cn2c(C(=O)O)cnc2C)o1. The van der Waals surface area contributed by atoms with Crippen LogP contribution in [0.3, 0.4) is 0 Å². The lowest BCUT2D eigenvalue weighted by molar-refractivity contribution is 0.0685. The van der Waals surface area contributed by atoms with Crippen LogP contribution in [-0.2, 0) is 6.54 Å². The summed E-state index contributed by atoms with van der Waals surface area (Å²) in [5, 5.41) is 16.4. The van der Waals surface area contributed by atoms with Gasteiger partial charge in [-0.05, 0) is 6.92 Å². The van der Waals surface area contributed by atoms with Gasteiger partial charge in [-0.25, -0.2) is 9.78 Å². The number of nitrogens with zero attached hydrogens (tertiary/aromatic N) is 4. The first-order valence-electron chi connectivity index (χ1n) is 4.62. The van der Waals surface area contributed by atoms with Crippen LogP contribution >= 0.6 is 0 Å². The van der Waals surface area contributed by atoms with Crippen molar-refractivity contribution < 1.29 is 14.3 Å². The predicted molar refractivity (Wildman–Crippen MR) is 52.1 cm³/mol. The van der Waals surface area contributed by atoms with E-state index in [1.165, 1.54) is 10.8 Å². The van der Waals surface area contributed by atoms with E-state index in [1.54, 1.807) is 13.8 Å². The summed E-state index contributed by atoms with van der Waals surface area (Å²) in [6.45, 7) is 3.61. The minimum atomic E-state index is -1.03. The second-order valence-electron chi connectivity index (χ2n) is 3.30. The molecule has 2 aromatic heterocycles. The summed E-state index contributed by atoms with van der Waals surface area (Å²) in [5.41, 5.74) is 0.105. The zero-order valence-corrected chi connectivity index (χ0v) is 8.84. The summed E-state index contributed by atoms with van der Waals surface area (Å²) >= 11 is 0. The number of carboxylic acids is 1. The van der Waals surface area contributed by atoms with Gasteiger partial charge in [0.1, 0.15) is 18.1 Å². The molecule has 0 fully saturated rings. The van der Waals surface area contributed by atoms with Crippen molar-refractivity contribution in [2.45, 2.75) is 20.4 Å². The number of rotatable bonds is 3. The molecule has 2 rings (SSSR count). The molecule has 2 aromatic rings. The van der Waals surface area contributed by atoms with E-state index in [2.05, 4.69) is 15.2 Å². The fourth-order valence-corrected chi connectivity index (χ4v) is 1.38. The van der Waals surface area contributed by atoms with Crippen molar-refractivity contribution in [3.63, 3.8) is 0 Å². The van der Waals surface area contributed by atoms with Gasteiger partial charge in [-0.2, -0.15) is 0 Å². The van der Waals surface area contributed by atoms with E-state index in [-0.39, 0.29) is 12.2 Å². The van der Waals surface area contributed by atoms with Crippen LogP contribution in [0.5, 0.6) is 0 Å². The topological polar surface area (TPSA) is 94.0 Å². The number of carbonyl (C=O) groups is 1. The molecule has 0 radical (unpaired) electrons. The van der Waals surface area contributed by atoms with E-state index in [1.807, 2.05) is 0 Å². The average molecular weight is 222 g/mol. The Morgan fingerprint density at radius 1 is 1.50 bits per heavy atom. The fraction of sp³-hybridized carbons (Fsp3) is 0.333. The summed E-state index contributed by atoms with van der Waals surface area (Å²) < 4.78 is 6.69. The van der Waals surface area contributed by atoms with Gasteiger partial charge in [-0.1, -0.05) is 0 Å². The highest BCUT2D eigenvalue weighted by Gasteiger charge is 2.15. The zero-order chi connectivity index (χ0) is 11.7. The number of hydrogen-bond donors (Lipinski definition) is 1. The second-order valence-corrected chi connectivity index (χ2v) is 3.30. The van der Waals surface area contributed by atoms with E-state index in [4.69, 9.17) is 9.52 Å². The molecule has 0 unspecified atom stereocenters. The van der Waals surface area contributed by atoms with Crippen LogP contribution in [0, 0.1) is 13.8 Å². The Morgan fingerprint density at radius 3 is 2.81 bits per heavy atom. The van der Waals surface area contributed by atoms with Crippen LogP contribution in [0.15, 0.2) is 10.6 Å². The minimum Gasteiger partial charge on any atom is -0.477 e. The summed E-state index contributed by atoms with van der Waals surface area (Å²) in [6.07, 6.45) is 1.31. The maximum Gasteiger partial charge on any atom is 0.354 e. The molecule has 0 bridgehead atoms. The van der Waals surface area contributed by atoms with Crippen LogP contribution in [-0.4, -0.2) is 30.8 Å². The average Bonchev–Trinajstić information content (AvgIpc) is 2.76. The van der Waals surface area contributed by atoms with E-state index >= 15 is 0 Å². The van der Waals surface area contributed by atoms with E-state index in [0.717, 1.165) is 0 Å². The van der Waals surface area contributed by atoms with Gasteiger partial charge in [0.15, 0.2) is 0 Å². The van der Waals surface area contributed by atoms with Crippen LogP contribution in [0.2, 0.25) is 0 Å². The standard InChI is InChI=1S/C9H10N4O3/c1-5-10-3-7(9(14)15)13(5)4-8-12-11-6(2)16-8/h3H,4H2,1-2H3,(H,14,15). The van der Waals surface area contributed by atoms with Gasteiger partial charge in [0, 0.05) is 6.92 Å². The first-order valence-corrected chi connectivity index (χ1v) is 4.62. The van der Waals surface area contributed by atoms with Crippen LogP contribution in [0.1, 0.15) is 28.1 Å². The first-order chi connectivity index (χ1) is 7.58. The monoisotopic (exact) mass is 222 g/mol. The number of imidazole rings is 1. The third kappa shape index (κ3) is 1.79. The van der Waals surface area contributed by atoms with Gasteiger partial charge in [-0.15, -0.1) is 10.2 Å². The lowest BCUT2D eigenvalue weighted by Crippen LogP contribution is -2.11. The largest absolute Gasteiger partial charge is 0.477 e. The van der Waals surface area contributed by atoms with Gasteiger partial charge >= 0.3 is 5.97 Å². The molecule has 0 aromatic carbocycles. The molecule has 0 aliphatic heterocycles. The maximum atomic E-state index is 10.9. The molecule has 0 saturated carbocycles. The molecule has 84 valence electrons. The predicted octanol–water partition coefficient (Wildman–Crippen LogP) is 0.629. The highest BCUT2D eigenvalue weighted by molar-refractivity contribution is 5.85. The highest BCUT2D eigenvalue weighted by atomic mass is 16.4. The fourth-order valence-electron chi connectivity index (χ4n) is 1.38. The Labute approximate surface area is 90.7 Å². The van der Waals surface area contributed by atoms with Crippen LogP contribution in [0.25, 0.3) is 0 Å².